The molecule has 1 aromatic heterocycles. The Labute approximate surface area is 134 Å². The summed E-state index contributed by atoms with van der Waals surface area (Å²) in [6.07, 6.45) is 2.94. The molecular formula is C15H17N3O4S. The Bertz CT molecular complexity index is 831. The van der Waals surface area contributed by atoms with E-state index in [4.69, 9.17) is 5.14 Å². The average molecular weight is 335 g/mol. The van der Waals surface area contributed by atoms with Crippen molar-refractivity contribution in [3.63, 3.8) is 0 Å². The van der Waals surface area contributed by atoms with Crippen LogP contribution in [0, 0.1) is 6.92 Å². The Morgan fingerprint density at radius 2 is 1.96 bits per heavy atom. The van der Waals surface area contributed by atoms with Crippen molar-refractivity contribution < 1.29 is 18.6 Å². The van der Waals surface area contributed by atoms with Gasteiger partial charge in [-0.2, -0.15) is 0 Å². The van der Waals surface area contributed by atoms with Crippen molar-refractivity contribution in [2.75, 3.05) is 0 Å². The summed E-state index contributed by atoms with van der Waals surface area (Å²) in [5.41, 5.74) is 2.12. The number of aromatic hydroxyl groups is 1. The van der Waals surface area contributed by atoms with E-state index in [9.17, 15) is 18.6 Å². The first kappa shape index (κ1) is 17.1. The molecule has 4 N–H and O–H groups in total. The highest BCUT2D eigenvalue weighted by Gasteiger charge is 2.09. The first-order valence-electron chi connectivity index (χ1n) is 6.73. The van der Waals surface area contributed by atoms with Crippen LogP contribution in [0.5, 0.6) is 5.75 Å². The minimum atomic E-state index is -3.71. The van der Waals surface area contributed by atoms with Crippen LogP contribution in [0.4, 0.5) is 0 Å². The normalized spacial score (nSPS) is 12.0. The molecule has 2 aromatic rings. The van der Waals surface area contributed by atoms with Crippen molar-refractivity contribution in [1.82, 2.24) is 4.98 Å². The lowest BCUT2D eigenvalue weighted by atomic mass is 10.1. The van der Waals surface area contributed by atoms with Gasteiger partial charge in [0, 0.05) is 23.5 Å². The highest BCUT2D eigenvalue weighted by molar-refractivity contribution is 7.89. The van der Waals surface area contributed by atoms with Gasteiger partial charge < -0.3 is 10.2 Å². The van der Waals surface area contributed by atoms with Crippen LogP contribution in [0.25, 0.3) is 0 Å². The summed E-state index contributed by atoms with van der Waals surface area (Å²) < 4.78 is 22.3. The van der Waals surface area contributed by atoms with Gasteiger partial charge in [0.2, 0.25) is 10.0 Å². The van der Waals surface area contributed by atoms with Gasteiger partial charge in [0.05, 0.1) is 23.7 Å². The van der Waals surface area contributed by atoms with Crippen LogP contribution < -0.4 is 5.14 Å². The molecule has 8 heteroatoms. The van der Waals surface area contributed by atoms with E-state index in [0.29, 0.717) is 16.8 Å². The van der Waals surface area contributed by atoms with E-state index in [2.05, 4.69) is 9.98 Å². The summed E-state index contributed by atoms with van der Waals surface area (Å²) in [4.78, 5) is 8.22. The number of nitrogens with zero attached hydrogens (tertiary/aromatic N) is 2. The first-order valence-corrected chi connectivity index (χ1v) is 8.27. The van der Waals surface area contributed by atoms with Crippen molar-refractivity contribution in [3.05, 3.63) is 52.8 Å². The third-order valence-corrected chi connectivity index (χ3v) is 4.20. The largest absolute Gasteiger partial charge is 0.505 e. The van der Waals surface area contributed by atoms with E-state index < -0.39 is 10.0 Å². The van der Waals surface area contributed by atoms with Gasteiger partial charge >= 0.3 is 0 Å². The fraction of sp³-hybridized carbons (Fsp3) is 0.200. The number of aliphatic hydroxyl groups is 1. The molecule has 0 amide bonds. The fourth-order valence-corrected chi connectivity index (χ4v) is 2.46. The number of aliphatic imine (C=N–C) groups is 1. The number of sulfonamides is 1. The molecule has 0 saturated carbocycles. The van der Waals surface area contributed by atoms with E-state index >= 15 is 0 Å². The zero-order valence-corrected chi connectivity index (χ0v) is 13.3. The number of aryl methyl sites for hydroxylation is 1. The van der Waals surface area contributed by atoms with Gasteiger partial charge in [-0.25, -0.2) is 13.6 Å². The molecule has 0 unspecified atom stereocenters. The Morgan fingerprint density at radius 1 is 1.30 bits per heavy atom. The Morgan fingerprint density at radius 3 is 2.52 bits per heavy atom. The molecule has 0 saturated heterocycles. The van der Waals surface area contributed by atoms with Crippen LogP contribution in [-0.4, -0.2) is 29.8 Å². The Balaban J connectivity index is 2.18. The number of aromatic nitrogens is 1. The zero-order chi connectivity index (χ0) is 17.0. The third kappa shape index (κ3) is 4.13. The maximum absolute atomic E-state index is 11.2. The van der Waals surface area contributed by atoms with Crippen LogP contribution in [0.2, 0.25) is 0 Å². The monoisotopic (exact) mass is 335 g/mol. The number of rotatable bonds is 5. The van der Waals surface area contributed by atoms with E-state index in [1.54, 1.807) is 19.1 Å². The molecule has 0 radical (unpaired) electrons. The molecule has 0 aliphatic heterocycles. The highest BCUT2D eigenvalue weighted by atomic mass is 32.2. The average Bonchev–Trinajstić information content (AvgIpc) is 2.51. The molecule has 0 bridgehead atoms. The minimum Gasteiger partial charge on any atom is -0.505 e. The van der Waals surface area contributed by atoms with Crippen molar-refractivity contribution in [2.45, 2.75) is 25.0 Å². The van der Waals surface area contributed by atoms with E-state index in [1.807, 2.05) is 0 Å². The Hall–Kier alpha value is -2.29. The number of hydrogen-bond acceptors (Lipinski definition) is 6. The van der Waals surface area contributed by atoms with Gasteiger partial charge in [0.15, 0.2) is 0 Å². The second-order valence-corrected chi connectivity index (χ2v) is 6.51. The first-order chi connectivity index (χ1) is 10.8. The molecule has 2 rings (SSSR count). The summed E-state index contributed by atoms with van der Waals surface area (Å²) >= 11 is 0. The fourth-order valence-electron chi connectivity index (χ4n) is 1.95. The molecular weight excluding hydrogens is 318 g/mol. The van der Waals surface area contributed by atoms with Gasteiger partial charge in [-0.3, -0.25) is 9.98 Å². The SMILES string of the molecule is Cc1ncc(CO)c(C=NCc2ccc(S(N)(=O)=O)cc2)c1O. The maximum Gasteiger partial charge on any atom is 0.238 e. The molecule has 1 heterocycles. The standard InChI is InChI=1S/C15H17N3O4S/c1-10-15(20)14(12(9-19)7-18-10)8-17-6-11-2-4-13(5-3-11)23(16,21)22/h2-5,7-8,19-20H,6,9H2,1H3,(H2,16,21,22). The molecule has 7 nitrogen and oxygen atoms in total. The third-order valence-electron chi connectivity index (χ3n) is 3.27. The van der Waals surface area contributed by atoms with Gasteiger partial charge in [0.1, 0.15) is 5.75 Å². The van der Waals surface area contributed by atoms with Gasteiger partial charge in [-0.15, -0.1) is 0 Å². The number of nitrogens with two attached hydrogens (primary N) is 1. The van der Waals surface area contributed by atoms with Crippen LogP contribution in [0.15, 0.2) is 40.4 Å². The lowest BCUT2D eigenvalue weighted by Crippen LogP contribution is -2.11. The van der Waals surface area contributed by atoms with Crippen molar-refractivity contribution in [2.24, 2.45) is 10.1 Å². The van der Waals surface area contributed by atoms with Gasteiger partial charge in [-0.05, 0) is 24.6 Å². The van der Waals surface area contributed by atoms with Crippen LogP contribution in [0.3, 0.4) is 0 Å². The van der Waals surface area contributed by atoms with Gasteiger partial charge in [0.25, 0.3) is 0 Å². The van der Waals surface area contributed by atoms with Gasteiger partial charge in [-0.1, -0.05) is 12.1 Å². The quantitative estimate of drug-likeness (QED) is 0.699. The summed E-state index contributed by atoms with van der Waals surface area (Å²) in [6, 6.07) is 6.05. The molecule has 1 aromatic carbocycles. The van der Waals surface area contributed by atoms with E-state index in [0.717, 1.165) is 5.56 Å². The topological polar surface area (TPSA) is 126 Å². The molecule has 0 aliphatic rings. The van der Waals surface area contributed by atoms with Crippen molar-refractivity contribution in [3.8, 4) is 5.75 Å². The summed E-state index contributed by atoms with van der Waals surface area (Å²) in [6.45, 7) is 1.68. The second-order valence-electron chi connectivity index (χ2n) is 4.95. The van der Waals surface area contributed by atoms with E-state index in [-0.39, 0.29) is 23.8 Å². The van der Waals surface area contributed by atoms with Crippen LogP contribution >= 0.6 is 0 Å². The molecule has 0 fully saturated rings. The molecule has 23 heavy (non-hydrogen) atoms. The molecule has 0 spiro atoms. The number of benzene rings is 1. The smallest absolute Gasteiger partial charge is 0.238 e. The zero-order valence-electron chi connectivity index (χ0n) is 12.5. The minimum absolute atomic E-state index is 0.0233. The van der Waals surface area contributed by atoms with Crippen molar-refractivity contribution in [1.29, 1.82) is 0 Å². The predicted molar refractivity (Wildman–Crippen MR) is 85.7 cm³/mol. The number of pyridine rings is 1. The lowest BCUT2D eigenvalue weighted by Gasteiger charge is -2.07. The van der Waals surface area contributed by atoms with Crippen molar-refractivity contribution >= 4 is 16.2 Å². The predicted octanol–water partition coefficient (Wildman–Crippen LogP) is 0.854. The number of primary sulfonamides is 1. The highest BCUT2D eigenvalue weighted by Crippen LogP contribution is 2.22. The summed E-state index contributed by atoms with van der Waals surface area (Å²) in [5, 5.41) is 24.3. The molecule has 122 valence electrons. The number of aliphatic hydroxyl groups excluding tert-OH is 1. The molecule has 0 atom stereocenters. The van der Waals surface area contributed by atoms with Crippen LogP contribution in [0.1, 0.15) is 22.4 Å². The van der Waals surface area contributed by atoms with E-state index in [1.165, 1.54) is 24.5 Å². The van der Waals surface area contributed by atoms with Crippen LogP contribution in [-0.2, 0) is 23.2 Å². The number of hydrogen-bond donors (Lipinski definition) is 3. The summed E-state index contributed by atoms with van der Waals surface area (Å²) in [7, 11) is -3.71. The Kier molecular flexibility index (Phi) is 5.09. The molecule has 0 aliphatic carbocycles. The second kappa shape index (κ2) is 6.86. The maximum atomic E-state index is 11.2. The summed E-state index contributed by atoms with van der Waals surface area (Å²) in [5.74, 6) is -0.0233. The lowest BCUT2D eigenvalue weighted by molar-refractivity contribution is 0.280.